The zero-order chi connectivity index (χ0) is 17.8. The molecule has 1 N–H and O–H groups in total. The van der Waals surface area contributed by atoms with Crippen molar-refractivity contribution in [1.29, 1.82) is 0 Å². The van der Waals surface area contributed by atoms with Crippen LogP contribution in [-0.2, 0) is 18.3 Å². The Kier molecular flexibility index (Phi) is 5.41. The maximum Gasteiger partial charge on any atom is 0.225 e. The summed E-state index contributed by atoms with van der Waals surface area (Å²) in [6, 6.07) is 14.3. The zero-order valence-corrected chi connectivity index (χ0v) is 15.1. The van der Waals surface area contributed by atoms with Crippen molar-refractivity contribution in [3.05, 3.63) is 87.9 Å². The number of imidazole rings is 1. The highest BCUT2D eigenvalue weighted by atomic mass is 35.5. The normalized spacial score (nSPS) is 12.0. The Bertz CT molecular complexity index is 874. The molecule has 6 heteroatoms. The monoisotopic (exact) mass is 373 g/mol. The molecule has 0 aliphatic rings. The van der Waals surface area contributed by atoms with Crippen LogP contribution in [0.15, 0.2) is 60.9 Å². The van der Waals surface area contributed by atoms with E-state index in [1.807, 2.05) is 48.1 Å². The van der Waals surface area contributed by atoms with Gasteiger partial charge in [0, 0.05) is 29.5 Å². The van der Waals surface area contributed by atoms with E-state index in [-0.39, 0.29) is 18.4 Å². The summed E-state index contributed by atoms with van der Waals surface area (Å²) < 4.78 is 1.88. The van der Waals surface area contributed by atoms with Crippen LogP contribution in [0.1, 0.15) is 23.0 Å². The minimum atomic E-state index is -0.368. The highest BCUT2D eigenvalue weighted by Crippen LogP contribution is 2.23. The molecule has 3 aromatic rings. The average molecular weight is 374 g/mol. The molecule has 0 saturated heterocycles. The van der Waals surface area contributed by atoms with Crippen molar-refractivity contribution < 1.29 is 4.79 Å². The summed E-state index contributed by atoms with van der Waals surface area (Å²) >= 11 is 12.1. The molecule has 0 aliphatic heterocycles. The fourth-order valence-electron chi connectivity index (χ4n) is 2.63. The Morgan fingerprint density at radius 2 is 1.88 bits per heavy atom. The summed E-state index contributed by atoms with van der Waals surface area (Å²) in [5.74, 6) is 0.617. The maximum absolute atomic E-state index is 12.6. The molecule has 4 nitrogen and oxygen atoms in total. The first-order valence-electron chi connectivity index (χ1n) is 7.80. The van der Waals surface area contributed by atoms with Crippen LogP contribution in [0.25, 0.3) is 0 Å². The summed E-state index contributed by atoms with van der Waals surface area (Å²) in [6.07, 6.45) is 3.76. The van der Waals surface area contributed by atoms with Gasteiger partial charge in [0.05, 0.1) is 6.42 Å². The van der Waals surface area contributed by atoms with Gasteiger partial charge >= 0.3 is 0 Å². The lowest BCUT2D eigenvalue weighted by Gasteiger charge is -2.19. The molecule has 0 saturated carbocycles. The number of rotatable bonds is 5. The topological polar surface area (TPSA) is 46.9 Å². The molecule has 1 heterocycles. The third-order valence-electron chi connectivity index (χ3n) is 3.93. The number of hydrogen-bond donors (Lipinski definition) is 1. The fraction of sp³-hybridized carbons (Fsp3) is 0.158. The van der Waals surface area contributed by atoms with Crippen molar-refractivity contribution in [2.24, 2.45) is 7.05 Å². The Labute approximate surface area is 156 Å². The van der Waals surface area contributed by atoms with Gasteiger partial charge in [-0.2, -0.15) is 0 Å². The second-order valence-electron chi connectivity index (χ2n) is 5.72. The van der Waals surface area contributed by atoms with E-state index in [0.717, 1.165) is 17.0 Å². The van der Waals surface area contributed by atoms with Crippen molar-refractivity contribution in [2.45, 2.75) is 12.5 Å². The second-order valence-corrected chi connectivity index (χ2v) is 6.56. The van der Waals surface area contributed by atoms with E-state index in [1.54, 1.807) is 24.4 Å². The highest BCUT2D eigenvalue weighted by molar-refractivity contribution is 6.31. The predicted molar refractivity (Wildman–Crippen MR) is 99.8 cm³/mol. The van der Waals surface area contributed by atoms with Crippen LogP contribution in [0, 0.1) is 0 Å². The molecule has 0 radical (unpaired) electrons. The molecular weight excluding hydrogens is 357 g/mol. The molecule has 0 aliphatic carbocycles. The molecule has 3 rings (SSSR count). The SMILES string of the molecule is Cn1ccnc1[C@@H](NC(=O)Cc1ccccc1Cl)c1ccc(Cl)cc1. The second kappa shape index (κ2) is 7.72. The first-order chi connectivity index (χ1) is 12.0. The maximum atomic E-state index is 12.6. The molecule has 1 amide bonds. The predicted octanol–water partition coefficient (Wildman–Crippen LogP) is 4.18. The lowest BCUT2D eigenvalue weighted by molar-refractivity contribution is -0.121. The van der Waals surface area contributed by atoms with Crippen LogP contribution in [-0.4, -0.2) is 15.5 Å². The Morgan fingerprint density at radius 1 is 1.16 bits per heavy atom. The van der Waals surface area contributed by atoms with Gasteiger partial charge in [-0.3, -0.25) is 4.79 Å². The number of carbonyl (C=O) groups is 1. The van der Waals surface area contributed by atoms with Gasteiger partial charge < -0.3 is 9.88 Å². The zero-order valence-electron chi connectivity index (χ0n) is 13.6. The smallest absolute Gasteiger partial charge is 0.225 e. The van der Waals surface area contributed by atoms with Crippen LogP contribution in [0.5, 0.6) is 0 Å². The summed E-state index contributed by atoms with van der Waals surface area (Å²) in [4.78, 5) is 17.0. The van der Waals surface area contributed by atoms with Gasteiger partial charge in [-0.25, -0.2) is 4.98 Å². The van der Waals surface area contributed by atoms with Crippen molar-refractivity contribution in [3.63, 3.8) is 0 Å². The van der Waals surface area contributed by atoms with Gasteiger partial charge in [0.2, 0.25) is 5.91 Å². The van der Waals surface area contributed by atoms with E-state index < -0.39 is 0 Å². The Balaban J connectivity index is 1.85. The largest absolute Gasteiger partial charge is 0.342 e. The van der Waals surface area contributed by atoms with E-state index in [2.05, 4.69) is 10.3 Å². The van der Waals surface area contributed by atoms with Gasteiger partial charge in [0.15, 0.2) is 0 Å². The lowest BCUT2D eigenvalue weighted by Crippen LogP contribution is -2.32. The van der Waals surface area contributed by atoms with Crippen LogP contribution in [0.4, 0.5) is 0 Å². The quantitative estimate of drug-likeness (QED) is 0.729. The number of benzene rings is 2. The van der Waals surface area contributed by atoms with Crippen molar-refractivity contribution >= 4 is 29.1 Å². The van der Waals surface area contributed by atoms with Crippen LogP contribution in [0.2, 0.25) is 10.0 Å². The van der Waals surface area contributed by atoms with Gasteiger partial charge in [0.25, 0.3) is 0 Å². The molecule has 1 atom stereocenters. The van der Waals surface area contributed by atoms with E-state index in [1.165, 1.54) is 0 Å². The van der Waals surface area contributed by atoms with Crippen LogP contribution >= 0.6 is 23.2 Å². The third-order valence-corrected chi connectivity index (χ3v) is 4.55. The molecule has 2 aromatic carbocycles. The van der Waals surface area contributed by atoms with Crippen LogP contribution in [0.3, 0.4) is 0 Å². The summed E-state index contributed by atoms with van der Waals surface area (Å²) in [7, 11) is 1.89. The standard InChI is InChI=1S/C19H17Cl2N3O/c1-24-11-10-22-19(24)18(13-6-8-15(20)9-7-13)23-17(25)12-14-4-2-3-5-16(14)21/h2-11,18H,12H2,1H3,(H,23,25)/t18-/m0/s1. The molecule has 0 fully saturated rings. The van der Waals surface area contributed by atoms with Crippen molar-refractivity contribution in [1.82, 2.24) is 14.9 Å². The molecular formula is C19H17Cl2N3O. The number of aromatic nitrogens is 2. The molecule has 0 spiro atoms. The van der Waals surface area contributed by atoms with E-state index in [4.69, 9.17) is 23.2 Å². The van der Waals surface area contributed by atoms with E-state index in [9.17, 15) is 4.79 Å². The van der Waals surface area contributed by atoms with E-state index >= 15 is 0 Å². The number of halogens is 2. The molecule has 1 aromatic heterocycles. The first-order valence-corrected chi connectivity index (χ1v) is 8.55. The van der Waals surface area contributed by atoms with Gasteiger partial charge in [0.1, 0.15) is 11.9 Å². The Hall–Kier alpha value is -2.30. The molecule has 25 heavy (non-hydrogen) atoms. The number of aryl methyl sites for hydroxylation is 1. The minimum absolute atomic E-state index is 0.129. The molecule has 0 unspecified atom stereocenters. The summed E-state index contributed by atoms with van der Waals surface area (Å²) in [5.41, 5.74) is 1.70. The van der Waals surface area contributed by atoms with Crippen LogP contribution < -0.4 is 5.32 Å². The average Bonchev–Trinajstić information content (AvgIpc) is 3.01. The number of nitrogens with one attached hydrogen (secondary N) is 1. The lowest BCUT2D eigenvalue weighted by atomic mass is 10.1. The number of hydrogen-bond acceptors (Lipinski definition) is 2. The highest BCUT2D eigenvalue weighted by Gasteiger charge is 2.21. The number of nitrogens with zero attached hydrogens (tertiary/aromatic N) is 2. The summed E-state index contributed by atoms with van der Waals surface area (Å²) in [6.45, 7) is 0. The summed E-state index contributed by atoms with van der Waals surface area (Å²) in [5, 5.41) is 4.27. The third kappa shape index (κ3) is 4.21. The fourth-order valence-corrected chi connectivity index (χ4v) is 2.96. The van der Waals surface area contributed by atoms with Gasteiger partial charge in [-0.05, 0) is 29.3 Å². The molecule has 0 bridgehead atoms. The minimum Gasteiger partial charge on any atom is -0.342 e. The van der Waals surface area contributed by atoms with Crippen molar-refractivity contribution in [3.8, 4) is 0 Å². The Morgan fingerprint density at radius 3 is 2.52 bits per heavy atom. The van der Waals surface area contributed by atoms with E-state index in [0.29, 0.717) is 10.0 Å². The van der Waals surface area contributed by atoms with Gasteiger partial charge in [-0.15, -0.1) is 0 Å². The number of amides is 1. The number of carbonyl (C=O) groups excluding carboxylic acids is 1. The first kappa shape index (κ1) is 17.5. The van der Waals surface area contributed by atoms with Gasteiger partial charge in [-0.1, -0.05) is 53.5 Å². The van der Waals surface area contributed by atoms with Crippen molar-refractivity contribution in [2.75, 3.05) is 0 Å². The molecule has 128 valence electrons.